The number of hydrogen-bond donors (Lipinski definition) is 1. The molecule has 0 unspecified atom stereocenters. The quantitative estimate of drug-likeness (QED) is 0.560. The van der Waals surface area contributed by atoms with Gasteiger partial charge < -0.3 is 10.1 Å². The van der Waals surface area contributed by atoms with Crippen LogP contribution < -0.4 is 10.1 Å². The van der Waals surface area contributed by atoms with Gasteiger partial charge in [0.1, 0.15) is 12.4 Å². The Morgan fingerprint density at radius 2 is 1.73 bits per heavy atom. The summed E-state index contributed by atoms with van der Waals surface area (Å²) < 4.78 is 5.71. The van der Waals surface area contributed by atoms with E-state index in [2.05, 4.69) is 11.4 Å². The normalized spacial score (nSPS) is 10.7. The van der Waals surface area contributed by atoms with Crippen molar-refractivity contribution in [2.45, 2.75) is 12.8 Å². The second-order valence-electron chi connectivity index (χ2n) is 5.96. The Morgan fingerprint density at radius 1 is 0.923 bits per heavy atom. The van der Waals surface area contributed by atoms with E-state index in [1.807, 2.05) is 42.5 Å². The van der Waals surface area contributed by atoms with Crippen molar-refractivity contribution in [2.75, 3.05) is 13.2 Å². The van der Waals surface area contributed by atoms with E-state index in [1.54, 1.807) is 12.1 Å². The molecule has 26 heavy (non-hydrogen) atoms. The Labute approximate surface area is 162 Å². The molecule has 0 fully saturated rings. The lowest BCUT2D eigenvalue weighted by Gasteiger charge is -2.09. The number of aryl methyl sites for hydroxylation is 1. The predicted molar refractivity (Wildman–Crippen MR) is 107 cm³/mol. The summed E-state index contributed by atoms with van der Waals surface area (Å²) in [6, 6.07) is 19.5. The molecule has 0 aliphatic heterocycles. The SMILES string of the molecule is O=C(CCc1ccc(Cl)c(Cl)c1)NCCOc1ccc2ccccc2c1. The van der Waals surface area contributed by atoms with Crippen molar-refractivity contribution in [1.29, 1.82) is 0 Å². The maximum absolute atomic E-state index is 11.9. The molecule has 0 atom stereocenters. The van der Waals surface area contributed by atoms with E-state index in [4.69, 9.17) is 27.9 Å². The summed E-state index contributed by atoms with van der Waals surface area (Å²) in [6.45, 7) is 0.893. The molecule has 0 saturated carbocycles. The molecular weight excluding hydrogens is 369 g/mol. The molecule has 0 aliphatic rings. The highest BCUT2D eigenvalue weighted by atomic mass is 35.5. The van der Waals surface area contributed by atoms with E-state index in [-0.39, 0.29) is 5.91 Å². The van der Waals surface area contributed by atoms with E-state index in [0.29, 0.717) is 36.0 Å². The van der Waals surface area contributed by atoms with Crippen LogP contribution in [0.3, 0.4) is 0 Å². The van der Waals surface area contributed by atoms with Gasteiger partial charge in [0.05, 0.1) is 16.6 Å². The van der Waals surface area contributed by atoms with Crippen LogP contribution in [0, 0.1) is 0 Å². The average molecular weight is 388 g/mol. The molecule has 5 heteroatoms. The van der Waals surface area contributed by atoms with Crippen LogP contribution in [0.1, 0.15) is 12.0 Å². The van der Waals surface area contributed by atoms with Gasteiger partial charge in [-0.3, -0.25) is 4.79 Å². The fraction of sp³-hybridized carbons (Fsp3) is 0.190. The third-order valence-electron chi connectivity index (χ3n) is 4.04. The van der Waals surface area contributed by atoms with E-state index < -0.39 is 0 Å². The van der Waals surface area contributed by atoms with Gasteiger partial charge in [0.15, 0.2) is 0 Å². The number of benzene rings is 3. The summed E-state index contributed by atoms with van der Waals surface area (Å²) in [5.41, 5.74) is 0.988. The molecule has 0 radical (unpaired) electrons. The third kappa shape index (κ3) is 5.13. The lowest BCUT2D eigenvalue weighted by molar-refractivity contribution is -0.121. The topological polar surface area (TPSA) is 38.3 Å². The van der Waals surface area contributed by atoms with E-state index in [0.717, 1.165) is 16.7 Å². The molecule has 0 saturated heterocycles. The van der Waals surface area contributed by atoms with Crippen molar-refractivity contribution >= 4 is 39.9 Å². The molecule has 3 rings (SSSR count). The molecule has 134 valence electrons. The van der Waals surface area contributed by atoms with Crippen molar-refractivity contribution in [3.8, 4) is 5.75 Å². The fourth-order valence-electron chi connectivity index (χ4n) is 2.66. The lowest BCUT2D eigenvalue weighted by Crippen LogP contribution is -2.28. The molecular formula is C21H19Cl2NO2. The first-order chi connectivity index (χ1) is 12.6. The molecule has 3 nitrogen and oxygen atoms in total. The maximum atomic E-state index is 11.9. The van der Waals surface area contributed by atoms with E-state index in [9.17, 15) is 4.79 Å². The standard InChI is InChI=1S/C21H19Cl2NO2/c22-19-9-5-15(13-20(19)23)6-10-21(25)24-11-12-26-18-8-7-16-3-1-2-4-17(16)14-18/h1-5,7-9,13-14H,6,10-12H2,(H,24,25). The monoisotopic (exact) mass is 387 g/mol. The summed E-state index contributed by atoms with van der Waals surface area (Å²) in [6.07, 6.45) is 1.02. The smallest absolute Gasteiger partial charge is 0.220 e. The van der Waals surface area contributed by atoms with E-state index in [1.165, 1.54) is 5.39 Å². The Kier molecular flexibility index (Phi) is 6.37. The molecule has 0 spiro atoms. The molecule has 1 N–H and O–H groups in total. The first-order valence-corrected chi connectivity index (χ1v) is 9.19. The van der Waals surface area contributed by atoms with Gasteiger partial charge in [-0.2, -0.15) is 0 Å². The predicted octanol–water partition coefficient (Wildman–Crippen LogP) is 5.27. The van der Waals surface area contributed by atoms with Gasteiger partial charge in [-0.15, -0.1) is 0 Å². The van der Waals surface area contributed by atoms with Crippen LogP contribution in [0.15, 0.2) is 60.7 Å². The van der Waals surface area contributed by atoms with E-state index >= 15 is 0 Å². The molecule has 1 amide bonds. The average Bonchev–Trinajstić information content (AvgIpc) is 2.66. The van der Waals surface area contributed by atoms with Gasteiger partial charge >= 0.3 is 0 Å². The first-order valence-electron chi connectivity index (χ1n) is 8.44. The molecule has 0 aliphatic carbocycles. The Hall–Kier alpha value is -2.23. The van der Waals surface area contributed by atoms with Crippen LogP contribution in [0.2, 0.25) is 10.0 Å². The summed E-state index contributed by atoms with van der Waals surface area (Å²) >= 11 is 11.9. The lowest BCUT2D eigenvalue weighted by atomic mass is 10.1. The van der Waals surface area contributed by atoms with Gasteiger partial charge in [0.25, 0.3) is 0 Å². The number of carbonyl (C=O) groups excluding carboxylic acids is 1. The van der Waals surface area contributed by atoms with Crippen LogP contribution in [0.25, 0.3) is 10.8 Å². The highest BCUT2D eigenvalue weighted by Gasteiger charge is 2.04. The van der Waals surface area contributed by atoms with Crippen molar-refractivity contribution in [3.05, 3.63) is 76.3 Å². The Morgan fingerprint density at radius 3 is 2.54 bits per heavy atom. The van der Waals surface area contributed by atoms with Crippen LogP contribution in [-0.4, -0.2) is 19.1 Å². The van der Waals surface area contributed by atoms with Crippen molar-refractivity contribution in [1.82, 2.24) is 5.32 Å². The van der Waals surface area contributed by atoms with Crippen molar-refractivity contribution in [2.24, 2.45) is 0 Å². The molecule has 0 bridgehead atoms. The summed E-state index contributed by atoms with van der Waals surface area (Å²) in [5, 5.41) is 6.20. The Balaban J connectivity index is 1.39. The van der Waals surface area contributed by atoms with Crippen LogP contribution >= 0.6 is 23.2 Å². The number of rotatable bonds is 7. The minimum absolute atomic E-state index is 0.0156. The van der Waals surface area contributed by atoms with Crippen LogP contribution in [0.5, 0.6) is 5.75 Å². The fourth-order valence-corrected chi connectivity index (χ4v) is 2.98. The zero-order valence-electron chi connectivity index (χ0n) is 14.2. The molecule has 0 aromatic heterocycles. The Bertz CT molecular complexity index is 911. The number of halogens is 2. The summed E-state index contributed by atoms with van der Waals surface area (Å²) in [7, 11) is 0. The molecule has 0 heterocycles. The van der Waals surface area contributed by atoms with Crippen LogP contribution in [0.4, 0.5) is 0 Å². The summed E-state index contributed by atoms with van der Waals surface area (Å²) in [5.74, 6) is 0.784. The van der Waals surface area contributed by atoms with Crippen molar-refractivity contribution < 1.29 is 9.53 Å². The highest BCUT2D eigenvalue weighted by molar-refractivity contribution is 6.42. The van der Waals surface area contributed by atoms with Gasteiger partial charge in [-0.05, 0) is 47.0 Å². The van der Waals surface area contributed by atoms with Gasteiger partial charge in [0, 0.05) is 6.42 Å². The second-order valence-corrected chi connectivity index (χ2v) is 6.77. The van der Waals surface area contributed by atoms with Crippen molar-refractivity contribution in [3.63, 3.8) is 0 Å². The van der Waals surface area contributed by atoms with Gasteiger partial charge in [-0.25, -0.2) is 0 Å². The summed E-state index contributed by atoms with van der Waals surface area (Å²) in [4.78, 5) is 11.9. The zero-order chi connectivity index (χ0) is 18.4. The number of carbonyl (C=O) groups is 1. The van der Waals surface area contributed by atoms with Gasteiger partial charge in [-0.1, -0.05) is 59.6 Å². The third-order valence-corrected chi connectivity index (χ3v) is 4.78. The maximum Gasteiger partial charge on any atom is 0.220 e. The zero-order valence-corrected chi connectivity index (χ0v) is 15.7. The van der Waals surface area contributed by atoms with Gasteiger partial charge in [0.2, 0.25) is 5.91 Å². The highest BCUT2D eigenvalue weighted by Crippen LogP contribution is 2.23. The number of nitrogens with one attached hydrogen (secondary N) is 1. The minimum atomic E-state index is -0.0156. The number of hydrogen-bond acceptors (Lipinski definition) is 2. The number of amides is 1. The number of fused-ring (bicyclic) bond motifs is 1. The largest absolute Gasteiger partial charge is 0.492 e. The van der Waals surface area contributed by atoms with Crippen LogP contribution in [-0.2, 0) is 11.2 Å². The number of ether oxygens (including phenoxy) is 1. The minimum Gasteiger partial charge on any atom is -0.492 e. The molecule has 3 aromatic carbocycles. The first kappa shape index (κ1) is 18.6. The second kappa shape index (κ2) is 8.93. The molecule has 3 aromatic rings.